The van der Waals surface area contributed by atoms with E-state index in [0.717, 1.165) is 17.0 Å². The quantitative estimate of drug-likeness (QED) is 0.809. The molecular weight excluding hydrogens is 252 g/mol. The van der Waals surface area contributed by atoms with Crippen molar-refractivity contribution in [1.29, 1.82) is 0 Å². The molecule has 102 valence electrons. The highest BCUT2D eigenvalue weighted by atomic mass is 16.5. The number of amides is 1. The number of aryl methyl sites for hydroxylation is 1. The van der Waals surface area contributed by atoms with Crippen molar-refractivity contribution in [2.24, 2.45) is 0 Å². The van der Waals surface area contributed by atoms with E-state index in [9.17, 15) is 4.79 Å². The Bertz CT molecular complexity index is 647. The summed E-state index contributed by atoms with van der Waals surface area (Å²) in [6.07, 6.45) is 0. The summed E-state index contributed by atoms with van der Waals surface area (Å²) < 4.78 is 5.58. The van der Waals surface area contributed by atoms with Gasteiger partial charge in [0.05, 0.1) is 17.8 Å². The Labute approximate surface area is 117 Å². The first-order chi connectivity index (χ1) is 9.68. The number of rotatable bonds is 1. The Morgan fingerprint density at radius 2 is 2.00 bits per heavy atom. The first-order valence-electron chi connectivity index (χ1n) is 6.57. The molecule has 2 aromatic carbocycles. The van der Waals surface area contributed by atoms with Crippen molar-refractivity contribution in [3.05, 3.63) is 53.6 Å². The molecule has 2 aromatic rings. The van der Waals surface area contributed by atoms with Crippen molar-refractivity contribution in [3.63, 3.8) is 0 Å². The van der Waals surface area contributed by atoms with Crippen LogP contribution >= 0.6 is 0 Å². The Hall–Kier alpha value is -2.49. The topological polar surface area (TPSA) is 55.6 Å². The van der Waals surface area contributed by atoms with Gasteiger partial charge in [-0.3, -0.25) is 4.79 Å². The molecule has 0 saturated heterocycles. The summed E-state index contributed by atoms with van der Waals surface area (Å²) in [6, 6.07) is 13.1. The van der Waals surface area contributed by atoms with Crippen LogP contribution in [0.25, 0.3) is 0 Å². The molecule has 20 heavy (non-hydrogen) atoms. The average Bonchev–Trinajstić information content (AvgIpc) is 2.46. The van der Waals surface area contributed by atoms with Gasteiger partial charge < -0.3 is 15.4 Å². The molecule has 0 atom stereocenters. The van der Waals surface area contributed by atoms with E-state index in [1.165, 1.54) is 0 Å². The first-order valence-corrected chi connectivity index (χ1v) is 6.57. The summed E-state index contributed by atoms with van der Waals surface area (Å²) in [4.78, 5) is 14.5. The van der Waals surface area contributed by atoms with Crippen LogP contribution < -0.4 is 15.4 Å². The summed E-state index contributed by atoms with van der Waals surface area (Å²) in [6.45, 7) is 2.92. The largest absolute Gasteiger partial charge is 0.490 e. The molecule has 0 bridgehead atoms. The number of nitrogens with two attached hydrogens (primary N) is 1. The normalized spacial score (nSPS) is 13.6. The number of anilines is 2. The zero-order chi connectivity index (χ0) is 14.1. The number of hydrogen-bond acceptors (Lipinski definition) is 3. The fraction of sp³-hybridized carbons (Fsp3) is 0.188. The van der Waals surface area contributed by atoms with E-state index in [1.807, 2.05) is 43.3 Å². The van der Waals surface area contributed by atoms with Gasteiger partial charge in [-0.1, -0.05) is 24.3 Å². The minimum Gasteiger partial charge on any atom is -0.490 e. The molecule has 1 aliphatic heterocycles. The van der Waals surface area contributed by atoms with Gasteiger partial charge in [0.15, 0.2) is 0 Å². The number of fused-ring (bicyclic) bond motifs is 1. The zero-order valence-corrected chi connectivity index (χ0v) is 11.3. The van der Waals surface area contributed by atoms with E-state index >= 15 is 0 Å². The van der Waals surface area contributed by atoms with Crippen LogP contribution in [-0.2, 0) is 0 Å². The minimum atomic E-state index is -0.0728. The molecule has 1 aliphatic rings. The molecule has 0 spiro atoms. The number of ether oxygens (including phenoxy) is 1. The third-order valence-electron chi connectivity index (χ3n) is 3.49. The Kier molecular flexibility index (Phi) is 3.06. The van der Waals surface area contributed by atoms with Crippen LogP contribution in [0.3, 0.4) is 0 Å². The molecule has 4 heteroatoms. The van der Waals surface area contributed by atoms with Crippen molar-refractivity contribution in [1.82, 2.24) is 0 Å². The highest BCUT2D eigenvalue weighted by Gasteiger charge is 2.26. The van der Waals surface area contributed by atoms with E-state index in [2.05, 4.69) is 0 Å². The van der Waals surface area contributed by atoms with Crippen LogP contribution in [0, 0.1) is 6.92 Å². The standard InChI is InChI=1S/C16H16N2O2/c1-11-5-4-6-12(17)15(11)16(19)18-9-10-20-14-8-3-2-7-13(14)18/h2-8H,9-10,17H2,1H3. The molecule has 0 saturated carbocycles. The molecule has 1 amide bonds. The van der Waals surface area contributed by atoms with E-state index in [1.54, 1.807) is 11.0 Å². The van der Waals surface area contributed by atoms with Gasteiger partial charge in [0.1, 0.15) is 12.4 Å². The van der Waals surface area contributed by atoms with Crippen molar-refractivity contribution in [2.75, 3.05) is 23.8 Å². The SMILES string of the molecule is Cc1cccc(N)c1C(=O)N1CCOc2ccccc21. The lowest BCUT2D eigenvalue weighted by Gasteiger charge is -2.30. The van der Waals surface area contributed by atoms with E-state index in [4.69, 9.17) is 10.5 Å². The van der Waals surface area contributed by atoms with Crippen molar-refractivity contribution >= 4 is 17.3 Å². The molecule has 3 rings (SSSR count). The van der Waals surface area contributed by atoms with Crippen LogP contribution in [0.4, 0.5) is 11.4 Å². The highest BCUT2D eigenvalue weighted by Crippen LogP contribution is 2.33. The van der Waals surface area contributed by atoms with E-state index in [-0.39, 0.29) is 5.91 Å². The molecule has 0 aliphatic carbocycles. The fourth-order valence-corrected chi connectivity index (χ4v) is 2.50. The predicted molar refractivity (Wildman–Crippen MR) is 79.2 cm³/mol. The summed E-state index contributed by atoms with van der Waals surface area (Å²) in [7, 11) is 0. The number of hydrogen-bond donors (Lipinski definition) is 1. The van der Waals surface area contributed by atoms with E-state index in [0.29, 0.717) is 24.4 Å². The van der Waals surface area contributed by atoms with Crippen molar-refractivity contribution < 1.29 is 9.53 Å². The Morgan fingerprint density at radius 1 is 1.20 bits per heavy atom. The summed E-state index contributed by atoms with van der Waals surface area (Å²) in [5.74, 6) is 0.663. The lowest BCUT2D eigenvalue weighted by molar-refractivity contribution is 0.0977. The van der Waals surface area contributed by atoms with Crippen LogP contribution in [-0.4, -0.2) is 19.1 Å². The third-order valence-corrected chi connectivity index (χ3v) is 3.49. The summed E-state index contributed by atoms with van der Waals surface area (Å²) >= 11 is 0. The molecule has 2 N–H and O–H groups in total. The zero-order valence-electron chi connectivity index (χ0n) is 11.3. The second kappa shape index (κ2) is 4.89. The Balaban J connectivity index is 2.05. The number of carbonyl (C=O) groups is 1. The van der Waals surface area contributed by atoms with Crippen molar-refractivity contribution in [2.45, 2.75) is 6.92 Å². The molecular formula is C16H16N2O2. The monoisotopic (exact) mass is 268 g/mol. The highest BCUT2D eigenvalue weighted by molar-refractivity contribution is 6.11. The number of benzene rings is 2. The van der Waals surface area contributed by atoms with Crippen LogP contribution in [0.2, 0.25) is 0 Å². The van der Waals surface area contributed by atoms with Gasteiger partial charge in [0, 0.05) is 5.69 Å². The number of carbonyl (C=O) groups excluding carboxylic acids is 1. The Morgan fingerprint density at radius 3 is 2.80 bits per heavy atom. The summed E-state index contributed by atoms with van der Waals surface area (Å²) in [5, 5.41) is 0. The van der Waals surface area contributed by atoms with Gasteiger partial charge in [-0.15, -0.1) is 0 Å². The van der Waals surface area contributed by atoms with Gasteiger partial charge in [0.2, 0.25) is 0 Å². The maximum Gasteiger partial charge on any atom is 0.260 e. The third kappa shape index (κ3) is 1.99. The maximum absolute atomic E-state index is 12.8. The lowest BCUT2D eigenvalue weighted by Crippen LogP contribution is -2.38. The molecule has 0 fully saturated rings. The fourth-order valence-electron chi connectivity index (χ4n) is 2.50. The smallest absolute Gasteiger partial charge is 0.260 e. The van der Waals surface area contributed by atoms with Gasteiger partial charge in [0.25, 0.3) is 5.91 Å². The van der Waals surface area contributed by atoms with Crippen LogP contribution in [0.15, 0.2) is 42.5 Å². The van der Waals surface area contributed by atoms with Crippen LogP contribution in [0.5, 0.6) is 5.75 Å². The molecule has 0 unspecified atom stereocenters. The second-order valence-corrected chi connectivity index (χ2v) is 4.81. The average molecular weight is 268 g/mol. The predicted octanol–water partition coefficient (Wildman–Crippen LogP) is 2.62. The van der Waals surface area contributed by atoms with Gasteiger partial charge in [-0.25, -0.2) is 0 Å². The molecule has 1 heterocycles. The van der Waals surface area contributed by atoms with Crippen LogP contribution in [0.1, 0.15) is 15.9 Å². The van der Waals surface area contributed by atoms with Gasteiger partial charge in [-0.05, 0) is 30.7 Å². The second-order valence-electron chi connectivity index (χ2n) is 4.81. The molecule has 4 nitrogen and oxygen atoms in total. The van der Waals surface area contributed by atoms with Crippen molar-refractivity contribution in [3.8, 4) is 5.75 Å². The molecule has 0 aromatic heterocycles. The number of para-hydroxylation sites is 2. The van der Waals surface area contributed by atoms with Gasteiger partial charge >= 0.3 is 0 Å². The minimum absolute atomic E-state index is 0.0728. The van der Waals surface area contributed by atoms with Gasteiger partial charge in [-0.2, -0.15) is 0 Å². The first kappa shape index (κ1) is 12.5. The maximum atomic E-state index is 12.8. The molecule has 0 radical (unpaired) electrons. The lowest BCUT2D eigenvalue weighted by atomic mass is 10.0. The van der Waals surface area contributed by atoms with E-state index < -0.39 is 0 Å². The number of nitrogen functional groups attached to an aromatic ring is 1. The summed E-state index contributed by atoms with van der Waals surface area (Å²) in [5.41, 5.74) is 8.74. The number of nitrogens with zero attached hydrogens (tertiary/aromatic N) is 1.